The van der Waals surface area contributed by atoms with Crippen LogP contribution in [-0.2, 0) is 0 Å². The lowest BCUT2D eigenvalue weighted by atomic mass is 10.0. The van der Waals surface area contributed by atoms with Gasteiger partial charge < -0.3 is 5.11 Å². The molecule has 7 nitrogen and oxygen atoms in total. The van der Waals surface area contributed by atoms with E-state index in [2.05, 4.69) is 0 Å². The van der Waals surface area contributed by atoms with Crippen molar-refractivity contribution in [3.8, 4) is 22.7 Å². The number of rotatable bonds is 4. The Balaban J connectivity index is 0.000000523. The molecule has 0 radical (unpaired) electrons. The Morgan fingerprint density at radius 1 is 0.688 bits per heavy atom. The van der Waals surface area contributed by atoms with E-state index >= 15 is 0 Å². The van der Waals surface area contributed by atoms with E-state index in [-0.39, 0.29) is 11.5 Å². The summed E-state index contributed by atoms with van der Waals surface area (Å²) in [6, 6.07) is 30.0. The van der Waals surface area contributed by atoms with Gasteiger partial charge in [-0.15, -0.1) is 10.2 Å². The fraction of sp³-hybridized carbons (Fsp3) is 0. The van der Waals surface area contributed by atoms with E-state index in [0.29, 0.717) is 11.1 Å². The van der Waals surface area contributed by atoms with Crippen molar-refractivity contribution < 1.29 is 43.3 Å². The van der Waals surface area contributed by atoms with Crippen molar-refractivity contribution in [3.05, 3.63) is 114 Å². The summed E-state index contributed by atoms with van der Waals surface area (Å²) in [4.78, 5) is 12.9. The van der Waals surface area contributed by atoms with Crippen molar-refractivity contribution in [1.29, 1.82) is 0 Å². The van der Waals surface area contributed by atoms with E-state index in [0.717, 1.165) is 16.9 Å². The van der Waals surface area contributed by atoms with Crippen LogP contribution in [0.25, 0.3) is 16.9 Å². The van der Waals surface area contributed by atoms with Crippen molar-refractivity contribution in [3.63, 3.8) is 0 Å². The molecule has 0 aliphatic carbocycles. The summed E-state index contributed by atoms with van der Waals surface area (Å²) in [5.41, 5.74) is 4.14. The Morgan fingerprint density at radius 2 is 1.22 bits per heavy atom. The van der Waals surface area contributed by atoms with Gasteiger partial charge in [0.05, 0.1) is 5.56 Å². The highest BCUT2D eigenvalue weighted by Gasteiger charge is 2.20. The molecule has 1 aromatic heterocycles. The fourth-order valence-electron chi connectivity index (χ4n) is 3.06. The quantitative estimate of drug-likeness (QED) is 0.337. The molecule has 0 fully saturated rings. The third-order valence-electron chi connectivity index (χ3n) is 4.44. The number of aromatic hydroxyl groups is 1. The summed E-state index contributed by atoms with van der Waals surface area (Å²) < 4.78 is 35.9. The van der Waals surface area contributed by atoms with E-state index in [1.807, 2.05) is 95.7 Å². The summed E-state index contributed by atoms with van der Waals surface area (Å²) in [5, 5.41) is 9.62. The van der Waals surface area contributed by atoms with Crippen molar-refractivity contribution in [2.45, 2.75) is 0 Å². The van der Waals surface area contributed by atoms with Crippen LogP contribution in [-0.4, -0.2) is 10.9 Å². The molecular formula is C24H18ClNO6. The number of carbonyl (C=O) groups excluding carboxylic acids is 1. The van der Waals surface area contributed by atoms with Crippen LogP contribution in [0.2, 0.25) is 0 Å². The maximum absolute atomic E-state index is 12.9. The molecular weight excluding hydrogens is 434 g/mol. The highest BCUT2D eigenvalue weighted by molar-refractivity contribution is 6.08. The lowest BCUT2D eigenvalue weighted by Gasteiger charge is -2.17. The number of phenols is 1. The zero-order chi connectivity index (χ0) is 23.1. The molecule has 0 aliphatic heterocycles. The van der Waals surface area contributed by atoms with Gasteiger partial charge in [0.25, 0.3) is 0 Å². The number of nitrogens with zero attached hydrogens (tertiary/aromatic N) is 1. The Kier molecular flexibility index (Phi) is 7.32. The molecule has 0 saturated heterocycles. The summed E-state index contributed by atoms with van der Waals surface area (Å²) in [5.74, 6) is 0.180. The largest absolute Gasteiger partial charge is 0.508 e. The van der Waals surface area contributed by atoms with Crippen LogP contribution in [0.3, 0.4) is 0 Å². The highest BCUT2D eigenvalue weighted by Crippen LogP contribution is 2.20. The van der Waals surface area contributed by atoms with Gasteiger partial charge >= 0.3 is 0 Å². The minimum absolute atomic E-state index is 0.0252. The molecule has 162 valence electrons. The maximum Gasteiger partial charge on any atom is 0.218 e. The van der Waals surface area contributed by atoms with Gasteiger partial charge in [0.2, 0.25) is 11.4 Å². The van der Waals surface area contributed by atoms with Gasteiger partial charge in [-0.05, 0) is 30.3 Å². The zero-order valence-electron chi connectivity index (χ0n) is 16.6. The predicted octanol–water partition coefficient (Wildman–Crippen LogP) is -0.189. The topological polar surface area (TPSA) is 133 Å². The number of carbonyl (C=O) groups is 1. The Labute approximate surface area is 186 Å². The van der Waals surface area contributed by atoms with Crippen LogP contribution in [0.1, 0.15) is 15.9 Å². The zero-order valence-corrected chi connectivity index (χ0v) is 17.4. The first-order chi connectivity index (χ1) is 15.2. The van der Waals surface area contributed by atoms with Crippen LogP contribution in [0.15, 0.2) is 103 Å². The molecule has 32 heavy (non-hydrogen) atoms. The molecule has 8 heteroatoms. The van der Waals surface area contributed by atoms with Gasteiger partial charge in [-0.3, -0.25) is 4.79 Å². The molecule has 4 rings (SSSR count). The maximum atomic E-state index is 12.9. The summed E-state index contributed by atoms with van der Waals surface area (Å²) in [7, 11) is -4.94. The Morgan fingerprint density at radius 3 is 1.78 bits per heavy atom. The third kappa shape index (κ3) is 6.45. The predicted molar refractivity (Wildman–Crippen MR) is 105 cm³/mol. The van der Waals surface area contributed by atoms with E-state index in [1.54, 1.807) is 12.1 Å². The smallest absolute Gasteiger partial charge is 0.218 e. The number of benzene rings is 3. The monoisotopic (exact) mass is 451 g/mol. The van der Waals surface area contributed by atoms with Crippen LogP contribution in [0, 0.1) is 10.2 Å². The number of aromatic nitrogens is 1. The molecule has 1 N–H and O–H groups in total. The van der Waals surface area contributed by atoms with Gasteiger partial charge in [-0.1, -0.05) is 48.5 Å². The first-order valence-corrected chi connectivity index (χ1v) is 10.6. The number of hydrogen-bond donors (Lipinski definition) is 1. The van der Waals surface area contributed by atoms with Crippen LogP contribution >= 0.6 is 0 Å². The van der Waals surface area contributed by atoms with Crippen molar-refractivity contribution in [2.24, 2.45) is 0 Å². The average molecular weight is 452 g/mol. The molecule has 3 aromatic carbocycles. The second-order valence-electron chi connectivity index (χ2n) is 6.63. The van der Waals surface area contributed by atoms with E-state index in [1.165, 1.54) is 0 Å². The lowest BCUT2D eigenvalue weighted by molar-refractivity contribution is -2.00. The molecule has 1 heterocycles. The summed E-state index contributed by atoms with van der Waals surface area (Å²) in [6.45, 7) is 0. The SMILES string of the molecule is O=C(c1ccccc1)c1ccc(-c2ccccc2)[n+](-c2ccc(O)cc2)c1.[O-][Cl+3]([O-])([O-])[O-]. The van der Waals surface area contributed by atoms with Gasteiger partial charge in [0, 0.05) is 29.3 Å². The fourth-order valence-corrected chi connectivity index (χ4v) is 3.06. The van der Waals surface area contributed by atoms with Crippen LogP contribution in [0.4, 0.5) is 0 Å². The van der Waals surface area contributed by atoms with Gasteiger partial charge in [-0.25, -0.2) is 18.6 Å². The standard InChI is InChI=1S/C24H17NO2.ClHO4/c26-22-14-12-21(13-15-22)25-17-20(24(27)19-9-5-2-6-10-19)11-16-23(25)18-7-3-1-4-8-18;2-1(3,4)5/h1-17H;(H,2,3,4,5). The van der Waals surface area contributed by atoms with Crippen LogP contribution < -0.4 is 23.2 Å². The van der Waals surface area contributed by atoms with Crippen molar-refractivity contribution in [1.82, 2.24) is 0 Å². The number of hydrogen-bond acceptors (Lipinski definition) is 6. The Hall–Kier alpha value is -3.59. The first-order valence-electron chi connectivity index (χ1n) is 9.34. The van der Waals surface area contributed by atoms with E-state index in [9.17, 15) is 9.90 Å². The molecule has 0 amide bonds. The van der Waals surface area contributed by atoms with Gasteiger partial charge in [0.15, 0.2) is 12.0 Å². The molecule has 0 atom stereocenters. The van der Waals surface area contributed by atoms with Crippen molar-refractivity contribution in [2.75, 3.05) is 0 Å². The molecule has 0 aliphatic rings. The second-order valence-corrected chi connectivity index (χ2v) is 7.38. The molecule has 0 spiro atoms. The first kappa shape index (κ1) is 23.1. The number of phenolic OH excluding ortho intramolecular Hbond substituents is 1. The molecule has 4 aromatic rings. The molecule has 0 bridgehead atoms. The molecule has 0 saturated carbocycles. The minimum Gasteiger partial charge on any atom is -0.508 e. The van der Waals surface area contributed by atoms with Gasteiger partial charge in [0.1, 0.15) is 5.75 Å². The van der Waals surface area contributed by atoms with Crippen LogP contribution in [0.5, 0.6) is 5.75 Å². The number of halogens is 1. The van der Waals surface area contributed by atoms with Gasteiger partial charge in [-0.2, -0.15) is 4.57 Å². The number of pyridine rings is 1. The lowest BCUT2D eigenvalue weighted by Crippen LogP contribution is -2.68. The second kappa shape index (κ2) is 10.1. The number of ketones is 1. The highest BCUT2D eigenvalue weighted by atomic mass is 35.7. The summed E-state index contributed by atoms with van der Waals surface area (Å²) in [6.07, 6.45) is 1.85. The summed E-state index contributed by atoms with van der Waals surface area (Å²) >= 11 is 0. The van der Waals surface area contributed by atoms with E-state index in [4.69, 9.17) is 18.6 Å². The Bertz CT molecular complexity index is 1170. The van der Waals surface area contributed by atoms with E-state index < -0.39 is 10.2 Å². The minimum atomic E-state index is -4.94. The normalized spacial score (nSPS) is 10.8. The van der Waals surface area contributed by atoms with Crippen molar-refractivity contribution >= 4 is 5.78 Å². The average Bonchev–Trinajstić information content (AvgIpc) is 2.79. The third-order valence-corrected chi connectivity index (χ3v) is 4.44. The molecule has 0 unspecified atom stereocenters.